The van der Waals surface area contributed by atoms with Crippen molar-refractivity contribution >= 4 is 57.9 Å². The zero-order valence-electron chi connectivity index (χ0n) is 23.3. The van der Waals surface area contributed by atoms with E-state index >= 15 is 0 Å². The number of rotatable bonds is 10. The molecule has 42 heavy (non-hydrogen) atoms. The minimum absolute atomic E-state index is 0. The van der Waals surface area contributed by atoms with Crippen LogP contribution in [0.15, 0.2) is 97.5 Å². The number of benzene rings is 3. The maximum absolute atomic E-state index is 12.4. The van der Waals surface area contributed by atoms with Gasteiger partial charge < -0.3 is 24.8 Å². The first-order valence-electron chi connectivity index (χ1n) is 13.0. The van der Waals surface area contributed by atoms with Gasteiger partial charge in [-0.15, -0.1) is 0 Å². The van der Waals surface area contributed by atoms with Crippen LogP contribution in [0.2, 0.25) is 0 Å². The Kier molecular flexibility index (Phi) is 10.7. The van der Waals surface area contributed by atoms with Crippen molar-refractivity contribution in [1.29, 1.82) is 5.26 Å². The maximum Gasteiger partial charge on any atom is 0.323 e. The first-order chi connectivity index (χ1) is 20.1. The first kappa shape index (κ1) is 30.3. The number of methoxy groups -OCH3 is 1. The van der Waals surface area contributed by atoms with E-state index in [2.05, 4.69) is 26.7 Å². The molecule has 0 atom stereocenters. The number of aryl methyl sites for hydroxylation is 1. The molecule has 205 valence electrons. The summed E-state index contributed by atoms with van der Waals surface area (Å²) in [7, 11) is 1.59. The molecule has 0 unspecified atom stereocenters. The molecule has 1 radical (unpaired) electrons. The molecule has 0 saturated heterocycles. The van der Waals surface area contributed by atoms with Crippen molar-refractivity contribution in [3.63, 3.8) is 0 Å². The topological polar surface area (TPSA) is 118 Å². The van der Waals surface area contributed by atoms with Gasteiger partial charge in [-0.25, -0.2) is 4.79 Å². The third kappa shape index (κ3) is 7.98. The van der Waals surface area contributed by atoms with Crippen LogP contribution in [-0.4, -0.2) is 59.3 Å². The van der Waals surface area contributed by atoms with Crippen molar-refractivity contribution in [2.24, 2.45) is 0 Å². The molecule has 0 bridgehead atoms. The monoisotopic (exact) mass is 568 g/mol. The molecule has 5 rings (SSSR count). The fourth-order valence-corrected chi connectivity index (χ4v) is 4.15. The second-order valence-electron chi connectivity index (χ2n) is 9.03. The third-order valence-corrected chi connectivity index (χ3v) is 6.23. The second-order valence-corrected chi connectivity index (χ2v) is 9.03. The summed E-state index contributed by atoms with van der Waals surface area (Å²) in [4.78, 5) is 20.8. The summed E-state index contributed by atoms with van der Waals surface area (Å²) in [5.74, 6) is 2.31. The van der Waals surface area contributed by atoms with Gasteiger partial charge in [0, 0.05) is 71.0 Å². The average Bonchev–Trinajstić information content (AvgIpc) is 3.01. The zero-order valence-corrected chi connectivity index (χ0v) is 25.3. The van der Waals surface area contributed by atoms with E-state index in [1.807, 2.05) is 12.1 Å². The van der Waals surface area contributed by atoms with Gasteiger partial charge >= 0.3 is 6.03 Å². The van der Waals surface area contributed by atoms with Crippen LogP contribution < -0.4 is 24.8 Å². The van der Waals surface area contributed by atoms with Gasteiger partial charge in [-0.3, -0.25) is 9.97 Å². The Hall–Kier alpha value is -4.62. The molecule has 2 heterocycles. The predicted molar refractivity (Wildman–Crippen MR) is 162 cm³/mol. The normalized spacial score (nSPS) is 10.2. The summed E-state index contributed by atoms with van der Waals surface area (Å²) < 4.78 is 17.2. The van der Waals surface area contributed by atoms with Crippen LogP contribution in [0.3, 0.4) is 0 Å². The number of anilines is 2. The van der Waals surface area contributed by atoms with Gasteiger partial charge in [0.15, 0.2) is 0 Å². The Labute approximate surface area is 265 Å². The molecule has 0 aliphatic rings. The van der Waals surface area contributed by atoms with Crippen LogP contribution in [0, 0.1) is 11.3 Å². The average molecular weight is 569 g/mol. The van der Waals surface area contributed by atoms with Gasteiger partial charge in [0.25, 0.3) is 0 Å². The summed E-state index contributed by atoms with van der Waals surface area (Å²) in [6.07, 6.45) is 6.85. The summed E-state index contributed by atoms with van der Waals surface area (Å²) >= 11 is 0. The maximum atomic E-state index is 12.4. The van der Waals surface area contributed by atoms with Crippen LogP contribution in [0.5, 0.6) is 23.0 Å². The Morgan fingerprint density at radius 3 is 2.17 bits per heavy atom. The van der Waals surface area contributed by atoms with Crippen LogP contribution >= 0.6 is 0 Å². The zero-order chi connectivity index (χ0) is 28.4. The Balaban J connectivity index is 0.00000405. The van der Waals surface area contributed by atoms with E-state index in [9.17, 15) is 10.1 Å². The molecule has 2 amide bonds. The molecular formula is C32H27N5NaO4. The van der Waals surface area contributed by atoms with Crippen LogP contribution in [-0.2, 0) is 6.42 Å². The number of nitrogens with one attached hydrogen (secondary N) is 2. The van der Waals surface area contributed by atoms with Crippen molar-refractivity contribution in [2.75, 3.05) is 24.4 Å². The molecule has 0 saturated carbocycles. The Morgan fingerprint density at radius 1 is 0.857 bits per heavy atom. The second kappa shape index (κ2) is 14.8. The van der Waals surface area contributed by atoms with Crippen LogP contribution in [0.4, 0.5) is 16.2 Å². The molecule has 0 aliphatic carbocycles. The van der Waals surface area contributed by atoms with Gasteiger partial charge in [-0.2, -0.15) is 5.26 Å². The number of urea groups is 1. The number of pyridine rings is 2. The molecule has 9 nitrogen and oxygen atoms in total. The number of aromatic nitrogens is 2. The number of carbonyl (C=O) groups excluding carboxylic acids is 1. The summed E-state index contributed by atoms with van der Waals surface area (Å²) in [6.45, 7) is 0.469. The smallest absolute Gasteiger partial charge is 0.323 e. The SMILES string of the molecule is COc1ccc(NC(=O)Nc2ccc(Oc3ccnc4cc(OCCCc5ccncc5)c(C#N)cc34)cc2)cc1.[Na]. The van der Waals surface area contributed by atoms with Crippen molar-refractivity contribution < 1.29 is 19.0 Å². The standard InChI is InChI=1S/C32H27N5O4.Na/c1-39-26-8-4-24(5-9-26)36-32(38)37-25-6-10-27(11-7-25)41-30-14-17-35-29-20-31(23(21-33)19-28(29)30)40-18-2-3-22-12-15-34-16-13-22;/h4-17,19-20H,2-3,18H2,1H3,(H2,36,37,38);. The molecule has 0 aliphatic heterocycles. The molecule has 0 fully saturated rings. The van der Waals surface area contributed by atoms with E-state index < -0.39 is 0 Å². The molecule has 10 heteroatoms. The fourth-order valence-electron chi connectivity index (χ4n) is 4.15. The minimum Gasteiger partial charge on any atom is -0.497 e. The van der Waals surface area contributed by atoms with Crippen molar-refractivity contribution in [3.8, 4) is 29.1 Å². The van der Waals surface area contributed by atoms with Gasteiger partial charge in [-0.05, 0) is 91.2 Å². The van der Waals surface area contributed by atoms with Crippen molar-refractivity contribution in [3.05, 3.63) is 109 Å². The number of hydrogen-bond donors (Lipinski definition) is 2. The first-order valence-corrected chi connectivity index (χ1v) is 13.0. The Morgan fingerprint density at radius 2 is 1.52 bits per heavy atom. The quantitative estimate of drug-likeness (QED) is 0.144. The van der Waals surface area contributed by atoms with Gasteiger partial charge in [0.2, 0.25) is 0 Å². The van der Waals surface area contributed by atoms with E-state index in [4.69, 9.17) is 14.2 Å². The van der Waals surface area contributed by atoms with Crippen molar-refractivity contribution in [2.45, 2.75) is 12.8 Å². The molecule has 2 N–H and O–H groups in total. The number of ether oxygens (including phenoxy) is 3. The molecule has 3 aromatic carbocycles. The van der Waals surface area contributed by atoms with Crippen LogP contribution in [0.1, 0.15) is 17.5 Å². The summed E-state index contributed by atoms with van der Waals surface area (Å²) in [6, 6.07) is 25.1. The largest absolute Gasteiger partial charge is 0.497 e. The van der Waals surface area contributed by atoms with Gasteiger partial charge in [-0.1, -0.05) is 0 Å². The van der Waals surface area contributed by atoms with E-state index in [1.165, 1.54) is 5.56 Å². The number of hydrogen-bond acceptors (Lipinski definition) is 7. The van der Waals surface area contributed by atoms with Gasteiger partial charge in [0.1, 0.15) is 29.1 Å². The van der Waals surface area contributed by atoms with Crippen LogP contribution in [0.25, 0.3) is 10.9 Å². The van der Waals surface area contributed by atoms with E-state index in [0.717, 1.165) is 12.8 Å². The Bertz CT molecular complexity index is 1670. The number of nitrogens with zero attached hydrogens (tertiary/aromatic N) is 3. The van der Waals surface area contributed by atoms with E-state index in [1.54, 1.807) is 92.4 Å². The van der Waals surface area contributed by atoms with Gasteiger partial charge in [0.05, 0.1) is 24.8 Å². The summed E-state index contributed by atoms with van der Waals surface area (Å²) in [5, 5.41) is 16.0. The molecule has 5 aromatic rings. The predicted octanol–water partition coefficient (Wildman–Crippen LogP) is 6.58. The van der Waals surface area contributed by atoms with E-state index in [-0.39, 0.29) is 35.6 Å². The molecule has 0 spiro atoms. The number of fused-ring (bicyclic) bond motifs is 1. The number of nitriles is 1. The molecular weight excluding hydrogens is 541 g/mol. The van der Waals surface area contributed by atoms with Crippen molar-refractivity contribution in [1.82, 2.24) is 9.97 Å². The van der Waals surface area contributed by atoms with E-state index in [0.29, 0.717) is 57.4 Å². The fraction of sp³-hybridized carbons (Fsp3) is 0.125. The number of carbonyl (C=O) groups is 1. The minimum atomic E-state index is -0.372. The molecule has 2 aromatic heterocycles. The number of amides is 2. The third-order valence-electron chi connectivity index (χ3n) is 6.23. The summed E-state index contributed by atoms with van der Waals surface area (Å²) in [5.41, 5.74) is 3.48.